The molecule has 0 spiro atoms. The zero-order chi connectivity index (χ0) is 22.6. The number of pyridine rings is 1. The third-order valence-corrected chi connectivity index (χ3v) is 4.74. The maximum atomic E-state index is 13.2. The van der Waals surface area contributed by atoms with E-state index in [0.717, 1.165) is 28.7 Å². The number of benzene rings is 1. The highest BCUT2D eigenvalue weighted by Gasteiger charge is 2.37. The maximum absolute atomic E-state index is 13.2. The molecule has 3 heterocycles. The van der Waals surface area contributed by atoms with E-state index in [0.29, 0.717) is 13.2 Å². The van der Waals surface area contributed by atoms with E-state index in [-0.39, 0.29) is 19.2 Å². The fourth-order valence-corrected chi connectivity index (χ4v) is 3.02. The second-order valence-electron chi connectivity index (χ2n) is 7.19. The van der Waals surface area contributed by atoms with Gasteiger partial charge in [0.15, 0.2) is 0 Å². The number of hydrogen-bond acceptors (Lipinski definition) is 7. The molecule has 10 heteroatoms. The Hall–Kier alpha value is -3.24. The first-order valence-corrected chi connectivity index (χ1v) is 9.89. The monoisotopic (exact) mass is 446 g/mol. The van der Waals surface area contributed by atoms with Crippen LogP contribution in [0.1, 0.15) is 16.8 Å². The standard InChI is InChI=1S/C22H21F3N4O3/c1-30-11-16-3-2-4-19(28-16)15-7-5-14(6-8-15)9-26-21-27-10-18(22(23,24)25)20(29-21)32-17-12-31-13-17/h2-8,10,17H,9,11-13H2,1H3,(H,26,27,29). The summed E-state index contributed by atoms with van der Waals surface area (Å²) >= 11 is 0. The lowest BCUT2D eigenvalue weighted by molar-refractivity contribution is -0.142. The average Bonchev–Trinajstić information content (AvgIpc) is 2.75. The van der Waals surface area contributed by atoms with Gasteiger partial charge in [-0.3, -0.25) is 4.98 Å². The molecule has 1 saturated heterocycles. The molecule has 1 N–H and O–H groups in total. The molecule has 1 aromatic carbocycles. The highest BCUT2D eigenvalue weighted by molar-refractivity contribution is 5.59. The van der Waals surface area contributed by atoms with Gasteiger partial charge in [-0.1, -0.05) is 30.3 Å². The van der Waals surface area contributed by atoms with Crippen LogP contribution in [0.2, 0.25) is 0 Å². The average molecular weight is 446 g/mol. The van der Waals surface area contributed by atoms with Gasteiger partial charge in [0, 0.05) is 25.4 Å². The van der Waals surface area contributed by atoms with Gasteiger partial charge in [0.05, 0.1) is 31.2 Å². The van der Waals surface area contributed by atoms with Crippen molar-refractivity contribution in [2.24, 2.45) is 0 Å². The van der Waals surface area contributed by atoms with E-state index in [1.165, 1.54) is 0 Å². The molecular weight excluding hydrogens is 425 g/mol. The van der Waals surface area contributed by atoms with Gasteiger partial charge in [0.25, 0.3) is 0 Å². The number of rotatable bonds is 8. The molecule has 0 amide bonds. The Morgan fingerprint density at radius 2 is 1.88 bits per heavy atom. The van der Waals surface area contributed by atoms with Crippen LogP contribution in [0.25, 0.3) is 11.3 Å². The number of anilines is 1. The van der Waals surface area contributed by atoms with Crippen LogP contribution >= 0.6 is 0 Å². The number of hydrogen-bond donors (Lipinski definition) is 1. The molecule has 7 nitrogen and oxygen atoms in total. The Labute approximate surface area is 182 Å². The van der Waals surface area contributed by atoms with Crippen molar-refractivity contribution in [3.8, 4) is 17.1 Å². The summed E-state index contributed by atoms with van der Waals surface area (Å²) in [4.78, 5) is 12.3. The minimum absolute atomic E-state index is 0.0475. The number of methoxy groups -OCH3 is 1. The minimum Gasteiger partial charge on any atom is -0.469 e. The van der Waals surface area contributed by atoms with Crippen molar-refractivity contribution >= 4 is 5.95 Å². The van der Waals surface area contributed by atoms with Gasteiger partial charge in [-0.05, 0) is 17.7 Å². The smallest absolute Gasteiger partial charge is 0.423 e. The molecular formula is C22H21F3N4O3. The highest BCUT2D eigenvalue weighted by atomic mass is 19.4. The number of nitrogens with zero attached hydrogens (tertiary/aromatic N) is 3. The Morgan fingerprint density at radius 3 is 2.53 bits per heavy atom. The molecule has 0 atom stereocenters. The van der Waals surface area contributed by atoms with E-state index < -0.39 is 23.7 Å². The summed E-state index contributed by atoms with van der Waals surface area (Å²) < 4.78 is 55.1. The Morgan fingerprint density at radius 1 is 1.09 bits per heavy atom. The van der Waals surface area contributed by atoms with Gasteiger partial charge < -0.3 is 19.5 Å². The second kappa shape index (κ2) is 9.49. The summed E-state index contributed by atoms with van der Waals surface area (Å²) in [5.41, 5.74) is 2.49. The second-order valence-corrected chi connectivity index (χ2v) is 7.19. The summed E-state index contributed by atoms with van der Waals surface area (Å²) in [7, 11) is 1.62. The Bertz CT molecular complexity index is 1060. The van der Waals surface area contributed by atoms with E-state index in [4.69, 9.17) is 14.2 Å². The molecule has 0 saturated carbocycles. The topological polar surface area (TPSA) is 78.4 Å². The first kappa shape index (κ1) is 22.0. The van der Waals surface area contributed by atoms with Crippen molar-refractivity contribution in [2.45, 2.75) is 25.4 Å². The molecule has 1 aliphatic rings. The van der Waals surface area contributed by atoms with Gasteiger partial charge in [0.1, 0.15) is 11.7 Å². The molecule has 0 unspecified atom stereocenters. The van der Waals surface area contributed by atoms with Gasteiger partial charge in [-0.25, -0.2) is 4.98 Å². The molecule has 3 aromatic rings. The molecule has 0 bridgehead atoms. The number of aromatic nitrogens is 3. The third-order valence-electron chi connectivity index (χ3n) is 4.74. The Balaban J connectivity index is 1.44. The van der Waals surface area contributed by atoms with Crippen molar-refractivity contribution in [3.05, 3.63) is 65.5 Å². The van der Waals surface area contributed by atoms with Crippen molar-refractivity contribution in [1.82, 2.24) is 15.0 Å². The van der Waals surface area contributed by atoms with Crippen LogP contribution in [0.3, 0.4) is 0 Å². The third kappa shape index (κ3) is 5.32. The van der Waals surface area contributed by atoms with Gasteiger partial charge >= 0.3 is 6.18 Å². The zero-order valence-corrected chi connectivity index (χ0v) is 17.2. The van der Waals surface area contributed by atoms with Gasteiger partial charge in [-0.2, -0.15) is 18.2 Å². The minimum atomic E-state index is -4.61. The van der Waals surface area contributed by atoms with Crippen LogP contribution in [0.15, 0.2) is 48.7 Å². The lowest BCUT2D eigenvalue weighted by Gasteiger charge is -2.27. The molecule has 2 aromatic heterocycles. The first-order valence-electron chi connectivity index (χ1n) is 9.89. The van der Waals surface area contributed by atoms with E-state index in [1.54, 1.807) is 7.11 Å². The number of ether oxygens (including phenoxy) is 3. The number of nitrogens with one attached hydrogen (secondary N) is 1. The van der Waals surface area contributed by atoms with E-state index in [9.17, 15) is 13.2 Å². The van der Waals surface area contributed by atoms with Crippen molar-refractivity contribution in [3.63, 3.8) is 0 Å². The molecule has 0 radical (unpaired) electrons. The molecule has 4 rings (SSSR count). The van der Waals surface area contributed by atoms with Crippen LogP contribution in [0, 0.1) is 0 Å². The molecule has 1 fully saturated rings. The molecule has 168 valence electrons. The lowest BCUT2D eigenvalue weighted by Crippen LogP contribution is -2.39. The zero-order valence-electron chi connectivity index (χ0n) is 17.2. The molecule has 32 heavy (non-hydrogen) atoms. The number of halogens is 3. The van der Waals surface area contributed by atoms with Crippen LogP contribution in [-0.2, 0) is 28.8 Å². The van der Waals surface area contributed by atoms with Gasteiger partial charge in [-0.15, -0.1) is 0 Å². The van der Waals surface area contributed by atoms with E-state index in [1.807, 2.05) is 42.5 Å². The SMILES string of the molecule is COCc1cccc(-c2ccc(CNc3ncc(C(F)(F)F)c(OC4COC4)n3)cc2)n1. The predicted molar refractivity (Wildman–Crippen MR) is 110 cm³/mol. The van der Waals surface area contributed by atoms with Crippen LogP contribution in [0.5, 0.6) is 5.88 Å². The summed E-state index contributed by atoms with van der Waals surface area (Å²) in [5.74, 6) is -0.452. The van der Waals surface area contributed by atoms with Crippen LogP contribution in [0.4, 0.5) is 19.1 Å². The summed E-state index contributed by atoms with van der Waals surface area (Å²) in [6.07, 6.45) is -4.32. The lowest BCUT2D eigenvalue weighted by atomic mass is 10.1. The summed E-state index contributed by atoms with van der Waals surface area (Å²) in [6, 6.07) is 13.4. The summed E-state index contributed by atoms with van der Waals surface area (Å²) in [5, 5.41) is 2.94. The first-order chi connectivity index (χ1) is 15.4. The molecule has 0 aliphatic carbocycles. The largest absolute Gasteiger partial charge is 0.469 e. The quantitative estimate of drug-likeness (QED) is 0.558. The van der Waals surface area contributed by atoms with Crippen LogP contribution in [-0.4, -0.2) is 41.4 Å². The van der Waals surface area contributed by atoms with Crippen LogP contribution < -0.4 is 10.1 Å². The van der Waals surface area contributed by atoms with Crippen molar-refractivity contribution in [2.75, 3.05) is 25.6 Å². The molecule has 1 aliphatic heterocycles. The number of alkyl halides is 3. The normalized spacial score (nSPS) is 14.1. The fraction of sp³-hybridized carbons (Fsp3) is 0.318. The maximum Gasteiger partial charge on any atom is 0.423 e. The Kier molecular flexibility index (Phi) is 6.52. The summed E-state index contributed by atoms with van der Waals surface area (Å²) in [6.45, 7) is 1.23. The highest BCUT2D eigenvalue weighted by Crippen LogP contribution is 2.36. The van der Waals surface area contributed by atoms with E-state index in [2.05, 4.69) is 20.3 Å². The van der Waals surface area contributed by atoms with Gasteiger partial charge in [0.2, 0.25) is 11.8 Å². The van der Waals surface area contributed by atoms with Crippen molar-refractivity contribution in [1.29, 1.82) is 0 Å². The fourth-order valence-electron chi connectivity index (χ4n) is 3.02. The van der Waals surface area contributed by atoms with E-state index >= 15 is 0 Å². The van der Waals surface area contributed by atoms with Crippen molar-refractivity contribution < 1.29 is 27.4 Å². The predicted octanol–water partition coefficient (Wildman–Crippen LogP) is 4.09.